The third kappa shape index (κ3) is 4.15. The van der Waals surface area contributed by atoms with Crippen LogP contribution in [0.4, 0.5) is 0 Å². The first-order valence-corrected chi connectivity index (χ1v) is 9.30. The van der Waals surface area contributed by atoms with Crippen molar-refractivity contribution in [3.63, 3.8) is 0 Å². The van der Waals surface area contributed by atoms with E-state index in [1.807, 2.05) is 24.3 Å². The Kier molecular flexibility index (Phi) is 5.44. The van der Waals surface area contributed by atoms with E-state index in [0.29, 0.717) is 28.2 Å². The summed E-state index contributed by atoms with van der Waals surface area (Å²) in [5, 5.41) is 0.863. The maximum Gasteiger partial charge on any atom is 0.343 e. The predicted molar refractivity (Wildman–Crippen MR) is 114 cm³/mol. The Balaban J connectivity index is 1.53. The van der Waals surface area contributed by atoms with Gasteiger partial charge in [0.15, 0.2) is 5.76 Å². The summed E-state index contributed by atoms with van der Waals surface area (Å²) in [6.07, 6.45) is 3.00. The van der Waals surface area contributed by atoms with Gasteiger partial charge in [0.2, 0.25) is 5.78 Å². The number of furan rings is 1. The van der Waals surface area contributed by atoms with Gasteiger partial charge in [-0.05, 0) is 48.6 Å². The fourth-order valence-electron chi connectivity index (χ4n) is 2.97. The van der Waals surface area contributed by atoms with Crippen molar-refractivity contribution in [2.75, 3.05) is 7.11 Å². The van der Waals surface area contributed by atoms with Crippen LogP contribution in [0, 0.1) is 0 Å². The second kappa shape index (κ2) is 8.49. The molecule has 148 valence electrons. The summed E-state index contributed by atoms with van der Waals surface area (Å²) in [7, 11) is 1.53. The highest BCUT2D eigenvalue weighted by Gasteiger charge is 2.13. The first-order chi connectivity index (χ1) is 14.6. The fraction of sp³-hybridized carbons (Fsp3) is 0.0400. The van der Waals surface area contributed by atoms with Crippen molar-refractivity contribution in [3.05, 3.63) is 102 Å². The van der Waals surface area contributed by atoms with Crippen molar-refractivity contribution in [2.24, 2.45) is 0 Å². The number of ether oxygens (including phenoxy) is 2. The summed E-state index contributed by atoms with van der Waals surface area (Å²) in [4.78, 5) is 25.0. The molecule has 0 atom stereocenters. The van der Waals surface area contributed by atoms with Crippen molar-refractivity contribution in [1.29, 1.82) is 0 Å². The number of esters is 1. The highest BCUT2D eigenvalue weighted by atomic mass is 16.5. The molecule has 0 saturated carbocycles. The van der Waals surface area contributed by atoms with Crippen LogP contribution in [0.2, 0.25) is 0 Å². The van der Waals surface area contributed by atoms with Gasteiger partial charge < -0.3 is 13.9 Å². The van der Waals surface area contributed by atoms with Gasteiger partial charge >= 0.3 is 5.97 Å². The monoisotopic (exact) mass is 398 g/mol. The Morgan fingerprint density at radius 2 is 1.70 bits per heavy atom. The Bertz CT molecular complexity index is 1220. The number of allylic oxidation sites excluding steroid dienone is 1. The quantitative estimate of drug-likeness (QED) is 0.184. The lowest BCUT2D eigenvalue weighted by Crippen LogP contribution is -2.09. The highest BCUT2D eigenvalue weighted by Crippen LogP contribution is 2.23. The summed E-state index contributed by atoms with van der Waals surface area (Å²) in [6.45, 7) is 0. The summed E-state index contributed by atoms with van der Waals surface area (Å²) in [5.41, 5.74) is 1.62. The van der Waals surface area contributed by atoms with Crippen LogP contribution in [0.3, 0.4) is 0 Å². The molecule has 0 aliphatic rings. The van der Waals surface area contributed by atoms with Crippen LogP contribution >= 0.6 is 0 Å². The molecule has 5 nitrogen and oxygen atoms in total. The zero-order valence-electron chi connectivity index (χ0n) is 16.2. The Morgan fingerprint density at radius 1 is 0.900 bits per heavy atom. The minimum Gasteiger partial charge on any atom is -0.497 e. The zero-order valence-corrected chi connectivity index (χ0v) is 16.2. The number of benzene rings is 3. The average molecular weight is 398 g/mol. The normalized spacial score (nSPS) is 11.0. The lowest BCUT2D eigenvalue weighted by molar-refractivity contribution is 0.0734. The van der Waals surface area contributed by atoms with E-state index in [2.05, 4.69) is 0 Å². The van der Waals surface area contributed by atoms with Gasteiger partial charge in [-0.3, -0.25) is 4.79 Å². The summed E-state index contributed by atoms with van der Waals surface area (Å²) >= 11 is 0. The van der Waals surface area contributed by atoms with E-state index >= 15 is 0 Å². The number of para-hydroxylation sites is 2. The van der Waals surface area contributed by atoms with Crippen LogP contribution in [0.5, 0.6) is 11.5 Å². The summed E-state index contributed by atoms with van der Waals surface area (Å²) in [5.74, 6) is 0.366. The molecule has 0 aliphatic carbocycles. The van der Waals surface area contributed by atoms with Gasteiger partial charge in [-0.2, -0.15) is 0 Å². The topological polar surface area (TPSA) is 65.7 Å². The SMILES string of the molecule is COc1cccc(C(=O)Oc2ccccc2/C=C\C(=O)c2cc3ccccc3o2)c1. The second-order valence-corrected chi connectivity index (χ2v) is 6.51. The van der Waals surface area contributed by atoms with Gasteiger partial charge in [0.05, 0.1) is 12.7 Å². The number of methoxy groups -OCH3 is 1. The van der Waals surface area contributed by atoms with Crippen LogP contribution in [0.1, 0.15) is 26.5 Å². The molecular formula is C25H18O5. The lowest BCUT2D eigenvalue weighted by atomic mass is 10.1. The predicted octanol–water partition coefficient (Wildman–Crippen LogP) is 5.56. The number of hydrogen-bond acceptors (Lipinski definition) is 5. The molecule has 5 heteroatoms. The lowest BCUT2D eigenvalue weighted by Gasteiger charge is -2.08. The standard InChI is InChI=1S/C25H18O5/c1-28-20-10-6-9-19(15-20)25(27)30-22-11-4-2-7-17(22)13-14-21(26)24-16-18-8-3-5-12-23(18)29-24/h2-16H,1H3/b14-13-. The Hall–Kier alpha value is -4.12. The molecular weight excluding hydrogens is 380 g/mol. The van der Waals surface area contributed by atoms with Crippen molar-refractivity contribution >= 4 is 28.8 Å². The van der Waals surface area contributed by atoms with Crippen LogP contribution in [-0.2, 0) is 0 Å². The molecule has 0 fully saturated rings. The van der Waals surface area contributed by atoms with Gasteiger partial charge in [0, 0.05) is 10.9 Å². The smallest absolute Gasteiger partial charge is 0.343 e. The van der Waals surface area contributed by atoms with E-state index < -0.39 is 5.97 Å². The summed E-state index contributed by atoms with van der Waals surface area (Å²) < 4.78 is 16.3. The van der Waals surface area contributed by atoms with E-state index in [1.165, 1.54) is 13.2 Å². The molecule has 0 N–H and O–H groups in total. The minimum absolute atomic E-state index is 0.248. The number of fused-ring (bicyclic) bond motifs is 1. The third-order valence-corrected chi connectivity index (χ3v) is 4.51. The van der Waals surface area contributed by atoms with Crippen molar-refractivity contribution < 1.29 is 23.5 Å². The molecule has 0 spiro atoms. The first-order valence-electron chi connectivity index (χ1n) is 9.30. The molecule has 1 aromatic heterocycles. The number of rotatable bonds is 6. The zero-order chi connectivity index (χ0) is 20.9. The minimum atomic E-state index is -0.515. The molecule has 1 heterocycles. The van der Waals surface area contributed by atoms with Crippen molar-refractivity contribution in [1.82, 2.24) is 0 Å². The van der Waals surface area contributed by atoms with Crippen LogP contribution in [0.25, 0.3) is 17.0 Å². The van der Waals surface area contributed by atoms with E-state index in [4.69, 9.17) is 13.9 Å². The maximum atomic E-state index is 12.5. The largest absolute Gasteiger partial charge is 0.497 e. The Labute approximate surface area is 173 Å². The molecule has 4 aromatic rings. The molecule has 0 unspecified atom stereocenters. The van der Waals surface area contributed by atoms with Gasteiger partial charge in [0.1, 0.15) is 17.1 Å². The van der Waals surface area contributed by atoms with Crippen LogP contribution in [-0.4, -0.2) is 18.9 Å². The molecule has 0 aliphatic heterocycles. The number of hydrogen-bond donors (Lipinski definition) is 0. The second-order valence-electron chi connectivity index (χ2n) is 6.51. The molecule has 0 bridgehead atoms. The molecule has 0 saturated heterocycles. The number of ketones is 1. The number of carbonyl (C=O) groups excluding carboxylic acids is 2. The van der Waals surface area contributed by atoms with E-state index in [9.17, 15) is 9.59 Å². The fourth-order valence-corrected chi connectivity index (χ4v) is 2.97. The summed E-state index contributed by atoms with van der Waals surface area (Å²) in [6, 6.07) is 22.8. The van der Waals surface area contributed by atoms with Crippen LogP contribution in [0.15, 0.2) is 89.4 Å². The van der Waals surface area contributed by atoms with Crippen molar-refractivity contribution in [3.8, 4) is 11.5 Å². The maximum absolute atomic E-state index is 12.5. The molecule has 3 aromatic carbocycles. The van der Waals surface area contributed by atoms with Crippen molar-refractivity contribution in [2.45, 2.75) is 0 Å². The molecule has 4 rings (SSSR count). The number of carbonyl (C=O) groups is 2. The molecule has 0 amide bonds. The van der Waals surface area contributed by atoms with Gasteiger partial charge in [-0.15, -0.1) is 0 Å². The van der Waals surface area contributed by atoms with E-state index in [-0.39, 0.29) is 11.5 Å². The van der Waals surface area contributed by atoms with E-state index in [0.717, 1.165) is 5.39 Å². The van der Waals surface area contributed by atoms with E-state index in [1.54, 1.807) is 60.7 Å². The van der Waals surface area contributed by atoms with Gasteiger partial charge in [-0.25, -0.2) is 4.79 Å². The molecule has 30 heavy (non-hydrogen) atoms. The van der Waals surface area contributed by atoms with Gasteiger partial charge in [0.25, 0.3) is 0 Å². The highest BCUT2D eigenvalue weighted by molar-refractivity contribution is 6.07. The Morgan fingerprint density at radius 3 is 2.53 bits per heavy atom. The molecule has 0 radical (unpaired) electrons. The van der Waals surface area contributed by atoms with Crippen LogP contribution < -0.4 is 9.47 Å². The average Bonchev–Trinajstić information content (AvgIpc) is 3.23. The third-order valence-electron chi connectivity index (χ3n) is 4.51. The van der Waals surface area contributed by atoms with Gasteiger partial charge in [-0.1, -0.05) is 42.5 Å². The first kappa shape index (κ1) is 19.2.